The molecule has 0 unspecified atom stereocenters. The molecule has 1 nitrogen and oxygen atoms in total. The second-order valence-electron chi connectivity index (χ2n) is 9.26. The van der Waals surface area contributed by atoms with Crippen molar-refractivity contribution < 1.29 is 4.74 Å². The topological polar surface area (TPSA) is 9.23 Å². The molecule has 0 bridgehead atoms. The highest BCUT2D eigenvalue weighted by Crippen LogP contribution is 2.17. The highest BCUT2D eigenvalue weighted by atomic mass is 16.5. The zero-order chi connectivity index (χ0) is 21.5. The summed E-state index contributed by atoms with van der Waals surface area (Å²) in [5.74, 6) is 1.05. The minimum Gasteiger partial charge on any atom is -0.494 e. The Balaban J connectivity index is 1.83. The predicted octanol–water partition coefficient (Wildman–Crippen LogP) is 10.1. The SMILES string of the molecule is CCCCCCCCCCCCCCCCCCCc1cccc(OCCCC)c1. The Hall–Kier alpha value is -0.980. The Bertz CT molecular complexity index is 467. The lowest BCUT2D eigenvalue weighted by molar-refractivity contribution is 0.309. The monoisotopic (exact) mass is 416 g/mol. The van der Waals surface area contributed by atoms with Crippen molar-refractivity contribution in [3.05, 3.63) is 29.8 Å². The molecule has 1 aromatic carbocycles. The fraction of sp³-hybridized carbons (Fsp3) is 0.793. The lowest BCUT2D eigenvalue weighted by atomic mass is 10.0. The minimum atomic E-state index is 0.846. The van der Waals surface area contributed by atoms with Crippen molar-refractivity contribution in [2.24, 2.45) is 0 Å². The lowest BCUT2D eigenvalue weighted by Crippen LogP contribution is -1.97. The zero-order valence-corrected chi connectivity index (χ0v) is 20.6. The van der Waals surface area contributed by atoms with Crippen LogP contribution in [0.2, 0.25) is 0 Å². The summed E-state index contributed by atoms with van der Waals surface area (Å²) in [7, 11) is 0. The van der Waals surface area contributed by atoms with Crippen molar-refractivity contribution in [1.82, 2.24) is 0 Å². The van der Waals surface area contributed by atoms with Gasteiger partial charge in [0.05, 0.1) is 6.61 Å². The molecule has 0 amide bonds. The van der Waals surface area contributed by atoms with E-state index in [0.29, 0.717) is 0 Å². The first-order valence-corrected chi connectivity index (χ1v) is 13.6. The van der Waals surface area contributed by atoms with E-state index in [1.54, 1.807) is 0 Å². The standard InChI is InChI=1S/C29H52O/c1-3-5-7-8-9-10-11-12-13-14-15-16-17-18-19-20-21-23-28-24-22-25-29(27-28)30-26-6-4-2/h22,24-25,27H,3-21,23,26H2,1-2H3. The van der Waals surface area contributed by atoms with E-state index in [4.69, 9.17) is 4.74 Å². The van der Waals surface area contributed by atoms with Crippen LogP contribution in [0.1, 0.15) is 141 Å². The summed E-state index contributed by atoms with van der Waals surface area (Å²) in [5, 5.41) is 0. The summed E-state index contributed by atoms with van der Waals surface area (Å²) in [6.07, 6.45) is 28.0. The van der Waals surface area contributed by atoms with Crippen LogP contribution in [0.25, 0.3) is 0 Å². The lowest BCUT2D eigenvalue weighted by Gasteiger charge is -2.08. The second-order valence-corrected chi connectivity index (χ2v) is 9.26. The molecule has 0 saturated carbocycles. The average molecular weight is 417 g/mol. The van der Waals surface area contributed by atoms with Crippen LogP contribution in [0.15, 0.2) is 24.3 Å². The van der Waals surface area contributed by atoms with Crippen LogP contribution in [-0.2, 0) is 6.42 Å². The maximum absolute atomic E-state index is 5.82. The molecule has 1 heteroatoms. The van der Waals surface area contributed by atoms with Gasteiger partial charge < -0.3 is 4.74 Å². The van der Waals surface area contributed by atoms with Gasteiger partial charge in [0.15, 0.2) is 0 Å². The van der Waals surface area contributed by atoms with Crippen LogP contribution in [0.5, 0.6) is 5.75 Å². The van der Waals surface area contributed by atoms with E-state index in [1.807, 2.05) is 0 Å². The van der Waals surface area contributed by atoms with Gasteiger partial charge >= 0.3 is 0 Å². The fourth-order valence-corrected chi connectivity index (χ4v) is 4.18. The number of benzene rings is 1. The first-order valence-electron chi connectivity index (χ1n) is 13.6. The first kappa shape index (κ1) is 27.1. The summed E-state index contributed by atoms with van der Waals surface area (Å²) in [6, 6.07) is 8.72. The Morgan fingerprint density at radius 2 is 1.00 bits per heavy atom. The van der Waals surface area contributed by atoms with Crippen LogP contribution >= 0.6 is 0 Å². The summed E-state index contributed by atoms with van der Waals surface area (Å²) in [6.45, 7) is 5.35. The molecule has 0 fully saturated rings. The summed E-state index contributed by atoms with van der Waals surface area (Å²) in [4.78, 5) is 0. The predicted molar refractivity (Wildman–Crippen MR) is 135 cm³/mol. The summed E-state index contributed by atoms with van der Waals surface area (Å²) >= 11 is 0. The van der Waals surface area contributed by atoms with E-state index in [9.17, 15) is 0 Å². The Labute approximate surface area is 189 Å². The van der Waals surface area contributed by atoms with Gasteiger partial charge in [-0.25, -0.2) is 0 Å². The largest absolute Gasteiger partial charge is 0.494 e. The average Bonchev–Trinajstić information content (AvgIpc) is 2.76. The third-order valence-electron chi connectivity index (χ3n) is 6.23. The summed E-state index contributed by atoms with van der Waals surface area (Å²) in [5.41, 5.74) is 1.44. The van der Waals surface area contributed by atoms with Crippen molar-refractivity contribution >= 4 is 0 Å². The molecule has 1 rings (SSSR count). The second kappa shape index (κ2) is 21.3. The minimum absolute atomic E-state index is 0.846. The van der Waals surface area contributed by atoms with Crippen molar-refractivity contribution in [1.29, 1.82) is 0 Å². The molecule has 0 radical (unpaired) electrons. The molecule has 0 aliphatic carbocycles. The Morgan fingerprint density at radius 1 is 0.533 bits per heavy atom. The van der Waals surface area contributed by atoms with Gasteiger partial charge in [0.1, 0.15) is 5.75 Å². The number of hydrogen-bond acceptors (Lipinski definition) is 1. The van der Waals surface area contributed by atoms with Crippen LogP contribution in [-0.4, -0.2) is 6.61 Å². The molecule has 0 N–H and O–H groups in total. The highest BCUT2D eigenvalue weighted by Gasteiger charge is 1.99. The van der Waals surface area contributed by atoms with Crippen molar-refractivity contribution in [2.45, 2.75) is 142 Å². The maximum atomic E-state index is 5.82. The molecule has 0 heterocycles. The smallest absolute Gasteiger partial charge is 0.119 e. The Morgan fingerprint density at radius 3 is 1.50 bits per heavy atom. The zero-order valence-electron chi connectivity index (χ0n) is 20.6. The molecule has 0 aromatic heterocycles. The molecule has 0 aliphatic heterocycles. The first-order chi connectivity index (χ1) is 14.9. The maximum Gasteiger partial charge on any atom is 0.119 e. The molecule has 174 valence electrons. The van der Waals surface area contributed by atoms with Crippen LogP contribution in [0.3, 0.4) is 0 Å². The number of hydrogen-bond donors (Lipinski definition) is 0. The fourth-order valence-electron chi connectivity index (χ4n) is 4.18. The summed E-state index contributed by atoms with van der Waals surface area (Å²) < 4.78 is 5.82. The molecule has 0 aliphatic rings. The van der Waals surface area contributed by atoms with Gasteiger partial charge in [-0.2, -0.15) is 0 Å². The number of aryl methyl sites for hydroxylation is 1. The van der Waals surface area contributed by atoms with E-state index >= 15 is 0 Å². The van der Waals surface area contributed by atoms with Gasteiger partial charge in [0.25, 0.3) is 0 Å². The number of ether oxygens (including phenoxy) is 1. The van der Waals surface area contributed by atoms with Crippen molar-refractivity contribution in [3.63, 3.8) is 0 Å². The van der Waals surface area contributed by atoms with E-state index in [0.717, 1.165) is 18.8 Å². The molecule has 1 aromatic rings. The van der Waals surface area contributed by atoms with Gasteiger partial charge in [-0.05, 0) is 37.0 Å². The molecular formula is C29H52O. The van der Waals surface area contributed by atoms with Crippen LogP contribution < -0.4 is 4.74 Å². The van der Waals surface area contributed by atoms with Crippen LogP contribution in [0, 0.1) is 0 Å². The van der Waals surface area contributed by atoms with E-state index in [-0.39, 0.29) is 0 Å². The molecule has 0 atom stereocenters. The number of unbranched alkanes of at least 4 members (excludes halogenated alkanes) is 17. The van der Waals surface area contributed by atoms with Crippen LogP contribution in [0.4, 0.5) is 0 Å². The van der Waals surface area contributed by atoms with Gasteiger partial charge in [-0.1, -0.05) is 135 Å². The van der Waals surface area contributed by atoms with E-state index < -0.39 is 0 Å². The van der Waals surface area contributed by atoms with Gasteiger partial charge in [-0.3, -0.25) is 0 Å². The third-order valence-corrected chi connectivity index (χ3v) is 6.23. The van der Waals surface area contributed by atoms with Crippen molar-refractivity contribution in [2.75, 3.05) is 6.61 Å². The van der Waals surface area contributed by atoms with E-state index in [1.165, 1.54) is 128 Å². The molecular weight excluding hydrogens is 364 g/mol. The molecule has 0 saturated heterocycles. The normalized spacial score (nSPS) is 11.1. The molecule has 30 heavy (non-hydrogen) atoms. The van der Waals surface area contributed by atoms with Gasteiger partial charge in [-0.15, -0.1) is 0 Å². The quantitative estimate of drug-likeness (QED) is 0.171. The highest BCUT2D eigenvalue weighted by molar-refractivity contribution is 5.28. The third kappa shape index (κ3) is 16.8. The van der Waals surface area contributed by atoms with E-state index in [2.05, 4.69) is 38.1 Å². The van der Waals surface area contributed by atoms with Gasteiger partial charge in [0.2, 0.25) is 0 Å². The van der Waals surface area contributed by atoms with Gasteiger partial charge in [0, 0.05) is 0 Å². The molecule has 0 spiro atoms. The number of rotatable bonds is 22. The Kier molecular flexibility index (Phi) is 19.2. The van der Waals surface area contributed by atoms with Crippen molar-refractivity contribution in [3.8, 4) is 5.75 Å².